The number of hydrogen-bond acceptors (Lipinski definition) is 3. The molecule has 0 radical (unpaired) electrons. The van der Waals surface area contributed by atoms with Crippen LogP contribution < -0.4 is 10.2 Å². The van der Waals surface area contributed by atoms with Gasteiger partial charge in [-0.2, -0.15) is 5.10 Å². The van der Waals surface area contributed by atoms with Gasteiger partial charge in [0.2, 0.25) is 0 Å². The number of amides is 1. The molecule has 4 aromatic rings. The van der Waals surface area contributed by atoms with E-state index in [0.29, 0.717) is 12.2 Å². The summed E-state index contributed by atoms with van der Waals surface area (Å²) in [6.07, 6.45) is 1.60. The zero-order chi connectivity index (χ0) is 20.8. The Labute approximate surface area is 183 Å². The number of carbonyl (C=O) groups is 1. The molecule has 4 rings (SSSR count). The van der Waals surface area contributed by atoms with Gasteiger partial charge in [-0.05, 0) is 52.2 Å². The standard InChI is InChI=1S/C25H19BrN2O2/c26-22-11-5-9-20(15-22)25(29)28-27-16-18-6-3-12-23(14-18)30-17-21-10-4-8-19-7-1-2-13-24(19)21/h1-16H,17H2,(H,28,29)/b27-16-. The third-order valence-electron chi connectivity index (χ3n) is 4.60. The molecule has 0 fully saturated rings. The molecule has 0 aliphatic carbocycles. The third kappa shape index (κ3) is 4.93. The Bertz CT molecular complexity index is 1220. The van der Waals surface area contributed by atoms with E-state index in [2.05, 4.69) is 50.7 Å². The van der Waals surface area contributed by atoms with Crippen LogP contribution in [0.15, 0.2) is 101 Å². The molecule has 148 valence electrons. The van der Waals surface area contributed by atoms with Crippen molar-refractivity contribution in [2.45, 2.75) is 6.61 Å². The highest BCUT2D eigenvalue weighted by atomic mass is 79.9. The van der Waals surface area contributed by atoms with E-state index in [-0.39, 0.29) is 5.91 Å². The summed E-state index contributed by atoms with van der Waals surface area (Å²) >= 11 is 3.36. The number of hydrazone groups is 1. The molecule has 5 heteroatoms. The van der Waals surface area contributed by atoms with Crippen molar-refractivity contribution in [1.82, 2.24) is 5.43 Å². The molecule has 0 atom stereocenters. The van der Waals surface area contributed by atoms with E-state index in [0.717, 1.165) is 21.3 Å². The average Bonchev–Trinajstić information content (AvgIpc) is 2.78. The molecule has 0 heterocycles. The van der Waals surface area contributed by atoms with E-state index < -0.39 is 0 Å². The number of nitrogens with one attached hydrogen (secondary N) is 1. The largest absolute Gasteiger partial charge is 0.489 e. The Kier molecular flexibility index (Phi) is 6.20. The highest BCUT2D eigenvalue weighted by Crippen LogP contribution is 2.21. The molecule has 0 aromatic heterocycles. The van der Waals surface area contributed by atoms with Crippen LogP contribution in [0.3, 0.4) is 0 Å². The predicted octanol–water partition coefficient (Wildman–Crippen LogP) is 5.95. The number of ether oxygens (including phenoxy) is 1. The summed E-state index contributed by atoms with van der Waals surface area (Å²) < 4.78 is 6.84. The van der Waals surface area contributed by atoms with Crippen LogP contribution in [0.1, 0.15) is 21.5 Å². The van der Waals surface area contributed by atoms with Crippen LogP contribution in [0.25, 0.3) is 10.8 Å². The van der Waals surface area contributed by atoms with Crippen LogP contribution in [-0.4, -0.2) is 12.1 Å². The van der Waals surface area contributed by atoms with Crippen LogP contribution in [0.4, 0.5) is 0 Å². The van der Waals surface area contributed by atoms with Gasteiger partial charge in [-0.3, -0.25) is 4.79 Å². The minimum Gasteiger partial charge on any atom is -0.489 e. The number of fused-ring (bicyclic) bond motifs is 1. The SMILES string of the molecule is O=C(N/N=C\c1cccc(OCc2cccc3ccccc23)c1)c1cccc(Br)c1. The first kappa shape index (κ1) is 19.9. The smallest absolute Gasteiger partial charge is 0.271 e. The highest BCUT2D eigenvalue weighted by molar-refractivity contribution is 9.10. The average molecular weight is 459 g/mol. The molecule has 0 unspecified atom stereocenters. The molecular weight excluding hydrogens is 440 g/mol. The number of rotatable bonds is 6. The molecule has 0 saturated carbocycles. The maximum atomic E-state index is 12.2. The van der Waals surface area contributed by atoms with Crippen LogP contribution in [0, 0.1) is 0 Å². The molecule has 4 aromatic carbocycles. The Morgan fingerprint density at radius 3 is 2.63 bits per heavy atom. The maximum absolute atomic E-state index is 12.2. The van der Waals surface area contributed by atoms with Crippen LogP contribution >= 0.6 is 15.9 Å². The maximum Gasteiger partial charge on any atom is 0.271 e. The van der Waals surface area contributed by atoms with Gasteiger partial charge in [-0.25, -0.2) is 5.43 Å². The summed E-state index contributed by atoms with van der Waals surface area (Å²) in [7, 11) is 0. The molecule has 0 saturated heterocycles. The molecule has 0 spiro atoms. The van der Waals surface area contributed by atoms with Gasteiger partial charge in [0, 0.05) is 10.0 Å². The van der Waals surface area contributed by atoms with Gasteiger partial charge in [-0.15, -0.1) is 0 Å². The van der Waals surface area contributed by atoms with Gasteiger partial charge in [0.1, 0.15) is 12.4 Å². The molecule has 30 heavy (non-hydrogen) atoms. The van der Waals surface area contributed by atoms with E-state index in [1.54, 1.807) is 24.4 Å². The molecule has 0 aliphatic heterocycles. The minimum absolute atomic E-state index is 0.268. The van der Waals surface area contributed by atoms with Crippen molar-refractivity contribution in [3.63, 3.8) is 0 Å². The van der Waals surface area contributed by atoms with Crippen LogP contribution in [0.2, 0.25) is 0 Å². The Balaban J connectivity index is 1.40. The van der Waals surface area contributed by atoms with Crippen molar-refractivity contribution in [2.24, 2.45) is 5.10 Å². The number of benzene rings is 4. The Morgan fingerprint density at radius 2 is 1.73 bits per heavy atom. The molecule has 0 aliphatic rings. The summed E-state index contributed by atoms with van der Waals surface area (Å²) in [5.41, 5.74) is 5.04. The Hall–Kier alpha value is -3.44. The molecule has 1 N–H and O–H groups in total. The minimum atomic E-state index is -0.268. The first-order valence-electron chi connectivity index (χ1n) is 9.47. The molecular formula is C25H19BrN2O2. The van der Waals surface area contributed by atoms with Crippen molar-refractivity contribution < 1.29 is 9.53 Å². The summed E-state index contributed by atoms with van der Waals surface area (Å²) in [6, 6.07) is 29.2. The monoisotopic (exact) mass is 458 g/mol. The van der Waals surface area contributed by atoms with Crippen molar-refractivity contribution in [3.8, 4) is 5.75 Å². The van der Waals surface area contributed by atoms with E-state index in [1.807, 2.05) is 48.5 Å². The van der Waals surface area contributed by atoms with Crippen molar-refractivity contribution in [3.05, 3.63) is 112 Å². The first-order valence-corrected chi connectivity index (χ1v) is 10.3. The topological polar surface area (TPSA) is 50.7 Å². The number of carbonyl (C=O) groups excluding carboxylic acids is 1. The van der Waals surface area contributed by atoms with Gasteiger partial charge in [-0.1, -0.05) is 76.6 Å². The second kappa shape index (κ2) is 9.37. The van der Waals surface area contributed by atoms with Crippen molar-refractivity contribution >= 4 is 38.8 Å². The summed E-state index contributed by atoms with van der Waals surface area (Å²) in [5.74, 6) is 0.473. The second-order valence-electron chi connectivity index (χ2n) is 6.71. The number of nitrogens with zero attached hydrogens (tertiary/aromatic N) is 1. The normalized spacial score (nSPS) is 11.0. The van der Waals surface area contributed by atoms with Gasteiger partial charge >= 0.3 is 0 Å². The fourth-order valence-electron chi connectivity index (χ4n) is 3.12. The zero-order valence-electron chi connectivity index (χ0n) is 16.1. The lowest BCUT2D eigenvalue weighted by Crippen LogP contribution is -2.17. The zero-order valence-corrected chi connectivity index (χ0v) is 17.7. The number of hydrogen-bond donors (Lipinski definition) is 1. The second-order valence-corrected chi connectivity index (χ2v) is 7.62. The summed E-state index contributed by atoms with van der Waals surface area (Å²) in [5, 5.41) is 6.44. The van der Waals surface area contributed by atoms with Gasteiger partial charge < -0.3 is 4.74 Å². The van der Waals surface area contributed by atoms with E-state index >= 15 is 0 Å². The van der Waals surface area contributed by atoms with Crippen molar-refractivity contribution in [2.75, 3.05) is 0 Å². The van der Waals surface area contributed by atoms with E-state index in [1.165, 1.54) is 10.8 Å². The van der Waals surface area contributed by atoms with Crippen LogP contribution in [-0.2, 0) is 6.61 Å². The molecule has 1 amide bonds. The predicted molar refractivity (Wildman–Crippen MR) is 124 cm³/mol. The fourth-order valence-corrected chi connectivity index (χ4v) is 3.52. The fraction of sp³-hybridized carbons (Fsp3) is 0.0400. The first-order chi connectivity index (χ1) is 14.7. The van der Waals surface area contributed by atoms with Gasteiger partial charge in [0.05, 0.1) is 6.21 Å². The van der Waals surface area contributed by atoms with Crippen molar-refractivity contribution in [1.29, 1.82) is 0 Å². The van der Waals surface area contributed by atoms with E-state index in [4.69, 9.17) is 4.74 Å². The lowest BCUT2D eigenvalue weighted by atomic mass is 10.1. The number of halogens is 1. The lowest BCUT2D eigenvalue weighted by molar-refractivity contribution is 0.0955. The lowest BCUT2D eigenvalue weighted by Gasteiger charge is -2.09. The molecule has 4 nitrogen and oxygen atoms in total. The van der Waals surface area contributed by atoms with E-state index in [9.17, 15) is 4.79 Å². The quantitative estimate of drug-likeness (QED) is 0.286. The Morgan fingerprint density at radius 1 is 0.933 bits per heavy atom. The summed E-state index contributed by atoms with van der Waals surface area (Å²) in [4.78, 5) is 12.2. The third-order valence-corrected chi connectivity index (χ3v) is 5.09. The van der Waals surface area contributed by atoms with Crippen LogP contribution in [0.5, 0.6) is 5.75 Å². The van der Waals surface area contributed by atoms with Gasteiger partial charge in [0.25, 0.3) is 5.91 Å². The van der Waals surface area contributed by atoms with Gasteiger partial charge in [0.15, 0.2) is 0 Å². The highest BCUT2D eigenvalue weighted by Gasteiger charge is 2.04. The summed E-state index contributed by atoms with van der Waals surface area (Å²) in [6.45, 7) is 0.474. The molecule has 0 bridgehead atoms.